The van der Waals surface area contributed by atoms with E-state index in [2.05, 4.69) is 26.7 Å². The molecule has 1 unspecified atom stereocenters. The van der Waals surface area contributed by atoms with Crippen LogP contribution in [0.5, 0.6) is 0 Å². The van der Waals surface area contributed by atoms with Gasteiger partial charge in [-0.25, -0.2) is 4.98 Å². The fourth-order valence-electron chi connectivity index (χ4n) is 2.58. The number of nitrogens with zero attached hydrogens (tertiary/aromatic N) is 3. The molecular weight excluding hydrogens is 228 g/mol. The first-order valence-corrected chi connectivity index (χ1v) is 6.90. The average molecular weight is 252 g/mol. The summed E-state index contributed by atoms with van der Waals surface area (Å²) in [4.78, 5) is 6.69. The molecular formula is C13H24N4O. The molecule has 0 aromatic carbocycles. The Labute approximate surface area is 109 Å². The van der Waals surface area contributed by atoms with Gasteiger partial charge in [-0.15, -0.1) is 0 Å². The second-order valence-corrected chi connectivity index (χ2v) is 4.88. The highest BCUT2D eigenvalue weighted by Crippen LogP contribution is 2.09. The van der Waals surface area contributed by atoms with Crippen LogP contribution >= 0.6 is 0 Å². The first-order chi connectivity index (χ1) is 8.83. The third kappa shape index (κ3) is 3.54. The predicted molar refractivity (Wildman–Crippen MR) is 71.3 cm³/mol. The van der Waals surface area contributed by atoms with Crippen molar-refractivity contribution in [1.29, 1.82) is 0 Å². The Kier molecular flexibility index (Phi) is 5.16. The fourth-order valence-corrected chi connectivity index (χ4v) is 2.58. The molecule has 1 saturated heterocycles. The molecule has 0 amide bonds. The van der Waals surface area contributed by atoms with Crippen molar-refractivity contribution in [1.82, 2.24) is 19.8 Å². The molecule has 2 N–H and O–H groups in total. The van der Waals surface area contributed by atoms with Gasteiger partial charge in [0.15, 0.2) is 0 Å². The Hall–Kier alpha value is -0.910. The Morgan fingerprint density at radius 3 is 3.17 bits per heavy atom. The zero-order valence-electron chi connectivity index (χ0n) is 11.2. The molecule has 5 nitrogen and oxygen atoms in total. The molecule has 1 aliphatic rings. The molecule has 2 rings (SSSR count). The molecule has 1 aliphatic heterocycles. The van der Waals surface area contributed by atoms with Crippen LogP contribution in [0.25, 0.3) is 0 Å². The van der Waals surface area contributed by atoms with Crippen molar-refractivity contribution in [3.63, 3.8) is 0 Å². The van der Waals surface area contributed by atoms with Crippen LogP contribution in [0.4, 0.5) is 0 Å². The molecule has 1 aromatic rings. The molecule has 1 fully saturated rings. The molecule has 18 heavy (non-hydrogen) atoms. The van der Waals surface area contributed by atoms with Gasteiger partial charge in [0.1, 0.15) is 5.82 Å². The maximum Gasteiger partial charge on any atom is 0.122 e. The van der Waals surface area contributed by atoms with E-state index in [1.165, 1.54) is 12.8 Å². The number of imidazole rings is 1. The summed E-state index contributed by atoms with van der Waals surface area (Å²) in [6, 6.07) is 0.571. The Morgan fingerprint density at radius 2 is 2.50 bits per heavy atom. The highest BCUT2D eigenvalue weighted by molar-refractivity contribution is 4.93. The van der Waals surface area contributed by atoms with Crippen LogP contribution in [0.2, 0.25) is 0 Å². The summed E-state index contributed by atoms with van der Waals surface area (Å²) < 4.78 is 2.16. The molecule has 1 aromatic heterocycles. The van der Waals surface area contributed by atoms with Crippen molar-refractivity contribution in [2.45, 2.75) is 38.9 Å². The second-order valence-electron chi connectivity index (χ2n) is 4.88. The van der Waals surface area contributed by atoms with Gasteiger partial charge in [0, 0.05) is 38.1 Å². The van der Waals surface area contributed by atoms with Crippen LogP contribution < -0.4 is 5.32 Å². The van der Waals surface area contributed by atoms with Gasteiger partial charge in [0.25, 0.3) is 0 Å². The van der Waals surface area contributed by atoms with Crippen LogP contribution in [0, 0.1) is 0 Å². The molecule has 0 radical (unpaired) electrons. The highest BCUT2D eigenvalue weighted by atomic mass is 16.3. The first-order valence-electron chi connectivity index (χ1n) is 6.90. The lowest BCUT2D eigenvalue weighted by atomic mass is 10.2. The Balaban J connectivity index is 1.92. The van der Waals surface area contributed by atoms with Crippen molar-refractivity contribution in [3.8, 4) is 0 Å². The van der Waals surface area contributed by atoms with Crippen molar-refractivity contribution in [2.75, 3.05) is 26.2 Å². The van der Waals surface area contributed by atoms with Crippen molar-refractivity contribution < 1.29 is 5.11 Å². The minimum absolute atomic E-state index is 0.208. The highest BCUT2D eigenvalue weighted by Gasteiger charge is 2.18. The predicted octanol–water partition coefficient (Wildman–Crippen LogP) is 0.449. The largest absolute Gasteiger partial charge is 0.395 e. The van der Waals surface area contributed by atoms with E-state index in [9.17, 15) is 5.11 Å². The van der Waals surface area contributed by atoms with E-state index < -0.39 is 0 Å². The smallest absolute Gasteiger partial charge is 0.122 e. The lowest BCUT2D eigenvalue weighted by molar-refractivity contribution is 0.174. The minimum Gasteiger partial charge on any atom is -0.395 e. The maximum atomic E-state index is 9.18. The topological polar surface area (TPSA) is 53.3 Å². The van der Waals surface area contributed by atoms with E-state index >= 15 is 0 Å². The van der Waals surface area contributed by atoms with Gasteiger partial charge in [-0.05, 0) is 26.3 Å². The summed E-state index contributed by atoms with van der Waals surface area (Å²) >= 11 is 0. The molecule has 0 aliphatic carbocycles. The zero-order chi connectivity index (χ0) is 12.8. The molecule has 0 saturated carbocycles. The van der Waals surface area contributed by atoms with Gasteiger partial charge in [-0.2, -0.15) is 0 Å². The van der Waals surface area contributed by atoms with Gasteiger partial charge in [-0.3, -0.25) is 4.90 Å². The SMILES string of the molecule is CCn1ccnc1CN(CCO)CC1CCCN1. The number of nitrogens with one attached hydrogen (secondary N) is 1. The third-order valence-electron chi connectivity index (χ3n) is 3.56. The van der Waals surface area contributed by atoms with E-state index in [1.807, 2.05) is 12.4 Å². The monoisotopic (exact) mass is 252 g/mol. The Morgan fingerprint density at radius 1 is 1.61 bits per heavy atom. The number of hydrogen-bond acceptors (Lipinski definition) is 4. The summed E-state index contributed by atoms with van der Waals surface area (Å²) in [7, 11) is 0. The van der Waals surface area contributed by atoms with E-state index in [0.717, 1.165) is 38.5 Å². The number of aromatic nitrogens is 2. The average Bonchev–Trinajstić information content (AvgIpc) is 3.00. The number of aliphatic hydroxyl groups is 1. The summed E-state index contributed by atoms with van der Waals surface area (Å²) in [6.45, 7) is 6.94. The van der Waals surface area contributed by atoms with E-state index in [0.29, 0.717) is 6.04 Å². The summed E-state index contributed by atoms with van der Waals surface area (Å²) in [5.41, 5.74) is 0. The standard InChI is InChI=1S/C13H24N4O/c1-2-17-7-6-15-13(17)11-16(8-9-18)10-12-4-3-5-14-12/h6-7,12,14,18H,2-5,8-11H2,1H3. The van der Waals surface area contributed by atoms with Gasteiger partial charge in [0.05, 0.1) is 13.2 Å². The van der Waals surface area contributed by atoms with E-state index in [4.69, 9.17) is 0 Å². The Bertz CT molecular complexity index is 347. The van der Waals surface area contributed by atoms with E-state index in [-0.39, 0.29) is 6.61 Å². The van der Waals surface area contributed by atoms with Crippen molar-refractivity contribution in [3.05, 3.63) is 18.2 Å². The van der Waals surface area contributed by atoms with Gasteiger partial charge in [-0.1, -0.05) is 0 Å². The van der Waals surface area contributed by atoms with Crippen LogP contribution in [-0.2, 0) is 13.1 Å². The maximum absolute atomic E-state index is 9.18. The zero-order valence-corrected chi connectivity index (χ0v) is 11.2. The summed E-state index contributed by atoms with van der Waals surface area (Å²) in [5.74, 6) is 1.09. The normalized spacial score (nSPS) is 19.8. The lowest BCUT2D eigenvalue weighted by Gasteiger charge is -2.24. The second kappa shape index (κ2) is 6.87. The third-order valence-corrected chi connectivity index (χ3v) is 3.56. The lowest BCUT2D eigenvalue weighted by Crippen LogP contribution is -2.39. The van der Waals surface area contributed by atoms with Gasteiger partial charge < -0.3 is 15.0 Å². The van der Waals surface area contributed by atoms with Crippen LogP contribution in [0.1, 0.15) is 25.6 Å². The molecule has 0 bridgehead atoms. The summed E-state index contributed by atoms with van der Waals surface area (Å²) in [6.07, 6.45) is 6.37. The van der Waals surface area contributed by atoms with Crippen molar-refractivity contribution in [2.24, 2.45) is 0 Å². The van der Waals surface area contributed by atoms with Crippen molar-refractivity contribution >= 4 is 0 Å². The minimum atomic E-state index is 0.208. The summed E-state index contributed by atoms with van der Waals surface area (Å²) in [5, 5.41) is 12.7. The quantitative estimate of drug-likeness (QED) is 0.740. The first kappa shape index (κ1) is 13.5. The number of hydrogen-bond donors (Lipinski definition) is 2. The number of aryl methyl sites for hydroxylation is 1. The molecule has 1 atom stereocenters. The number of rotatable bonds is 7. The van der Waals surface area contributed by atoms with E-state index in [1.54, 1.807) is 0 Å². The molecule has 5 heteroatoms. The molecule has 2 heterocycles. The van der Waals surface area contributed by atoms with Crippen LogP contribution in [0.15, 0.2) is 12.4 Å². The molecule has 0 spiro atoms. The molecule has 102 valence electrons. The fraction of sp³-hybridized carbons (Fsp3) is 0.769. The van der Waals surface area contributed by atoms with Crippen LogP contribution in [0.3, 0.4) is 0 Å². The van der Waals surface area contributed by atoms with Crippen LogP contribution in [-0.4, -0.2) is 51.8 Å². The van der Waals surface area contributed by atoms with Gasteiger partial charge in [0.2, 0.25) is 0 Å². The number of aliphatic hydroxyl groups excluding tert-OH is 1. The van der Waals surface area contributed by atoms with Gasteiger partial charge >= 0.3 is 0 Å².